The predicted molar refractivity (Wildman–Crippen MR) is 85.2 cm³/mol. The van der Waals surface area contributed by atoms with E-state index in [0.717, 1.165) is 24.8 Å². The highest BCUT2D eigenvalue weighted by Gasteiger charge is 2.39. The maximum absolute atomic E-state index is 13.8. The largest absolute Gasteiger partial charge is 0.346 e. The topological polar surface area (TPSA) is 29.1 Å². The van der Waals surface area contributed by atoms with Gasteiger partial charge in [-0.2, -0.15) is 0 Å². The van der Waals surface area contributed by atoms with Gasteiger partial charge < -0.3 is 5.32 Å². The van der Waals surface area contributed by atoms with Crippen LogP contribution in [-0.4, -0.2) is 5.91 Å². The molecule has 1 fully saturated rings. The monoisotopic (exact) mass is 317 g/mol. The van der Waals surface area contributed by atoms with Gasteiger partial charge in [0.15, 0.2) is 0 Å². The molecule has 0 atom stereocenters. The van der Waals surface area contributed by atoms with Crippen LogP contribution < -0.4 is 5.32 Å². The summed E-state index contributed by atoms with van der Waals surface area (Å²) in [7, 11) is 0. The zero-order valence-electron chi connectivity index (χ0n) is 12.1. The van der Waals surface area contributed by atoms with Crippen LogP contribution in [-0.2, 0) is 16.8 Å². The number of halogens is 2. The van der Waals surface area contributed by atoms with Crippen LogP contribution in [0.3, 0.4) is 0 Å². The van der Waals surface area contributed by atoms with Crippen molar-refractivity contribution in [3.8, 4) is 0 Å². The molecule has 114 valence electrons. The summed E-state index contributed by atoms with van der Waals surface area (Å²) in [4.78, 5) is 12.4. The average Bonchev–Trinajstić information content (AvgIpc) is 2.48. The van der Waals surface area contributed by atoms with Crippen molar-refractivity contribution < 1.29 is 9.18 Å². The van der Waals surface area contributed by atoms with E-state index in [1.165, 1.54) is 12.1 Å². The van der Waals surface area contributed by atoms with Crippen molar-refractivity contribution in [2.24, 2.45) is 0 Å². The second-order valence-electron chi connectivity index (χ2n) is 5.73. The van der Waals surface area contributed by atoms with Crippen LogP contribution in [0.1, 0.15) is 30.4 Å². The Kier molecular flexibility index (Phi) is 4.16. The highest BCUT2D eigenvalue weighted by Crippen LogP contribution is 2.41. The van der Waals surface area contributed by atoms with E-state index in [0.29, 0.717) is 0 Å². The first kappa shape index (κ1) is 15.0. The summed E-state index contributed by atoms with van der Waals surface area (Å²) in [6.07, 6.45) is 2.86. The van der Waals surface area contributed by atoms with Crippen LogP contribution in [0.15, 0.2) is 48.5 Å². The summed E-state index contributed by atoms with van der Waals surface area (Å²) in [6.45, 7) is 0. The highest BCUT2D eigenvalue weighted by molar-refractivity contribution is 6.31. The molecule has 0 aromatic heterocycles. The molecule has 1 aliphatic carbocycles. The third-order valence-corrected chi connectivity index (χ3v) is 4.67. The first-order valence-electron chi connectivity index (χ1n) is 7.40. The van der Waals surface area contributed by atoms with Crippen molar-refractivity contribution in [3.05, 3.63) is 70.5 Å². The first-order chi connectivity index (χ1) is 10.6. The Morgan fingerprint density at radius 2 is 1.86 bits per heavy atom. The minimum atomic E-state index is -0.440. The summed E-state index contributed by atoms with van der Waals surface area (Å²) < 4.78 is 13.8. The Balaban J connectivity index is 1.76. The fourth-order valence-electron chi connectivity index (χ4n) is 2.95. The minimum Gasteiger partial charge on any atom is -0.346 e. The maximum atomic E-state index is 13.8. The van der Waals surface area contributed by atoms with E-state index in [2.05, 4.69) is 5.32 Å². The van der Waals surface area contributed by atoms with E-state index in [1.807, 2.05) is 30.3 Å². The number of carbonyl (C=O) groups is 1. The molecule has 1 N–H and O–H groups in total. The van der Waals surface area contributed by atoms with Crippen LogP contribution in [0.5, 0.6) is 0 Å². The minimum absolute atomic E-state index is 0.0416. The second kappa shape index (κ2) is 6.09. The molecule has 22 heavy (non-hydrogen) atoms. The molecular formula is C18H17ClFNO. The fraction of sp³-hybridized carbons (Fsp3) is 0.278. The normalized spacial score (nSPS) is 15.9. The Bertz CT molecular complexity index is 662. The lowest BCUT2D eigenvalue weighted by molar-refractivity contribution is -0.123. The molecule has 0 heterocycles. The molecule has 1 aliphatic rings. The van der Waals surface area contributed by atoms with Gasteiger partial charge in [-0.25, -0.2) is 4.39 Å². The van der Waals surface area contributed by atoms with E-state index in [4.69, 9.17) is 11.6 Å². The summed E-state index contributed by atoms with van der Waals surface area (Å²) >= 11 is 5.99. The molecule has 2 aromatic rings. The number of nitrogens with one attached hydrogen (secondary N) is 1. The zero-order valence-corrected chi connectivity index (χ0v) is 12.9. The number of rotatable bonds is 4. The molecule has 4 heteroatoms. The molecule has 0 bridgehead atoms. The van der Waals surface area contributed by atoms with E-state index >= 15 is 0 Å². The molecule has 0 radical (unpaired) electrons. The van der Waals surface area contributed by atoms with Gasteiger partial charge in [-0.3, -0.25) is 4.79 Å². The summed E-state index contributed by atoms with van der Waals surface area (Å²) in [6, 6.07) is 14.4. The molecule has 2 nitrogen and oxygen atoms in total. The van der Waals surface area contributed by atoms with Crippen LogP contribution in [0, 0.1) is 5.82 Å². The van der Waals surface area contributed by atoms with Gasteiger partial charge in [0, 0.05) is 10.6 Å². The molecule has 0 unspecified atom stereocenters. The van der Waals surface area contributed by atoms with Crippen molar-refractivity contribution in [3.63, 3.8) is 0 Å². The maximum Gasteiger partial charge on any atom is 0.225 e. The van der Waals surface area contributed by atoms with Gasteiger partial charge in [0.2, 0.25) is 5.91 Å². The average molecular weight is 318 g/mol. The molecule has 0 aliphatic heterocycles. The number of hydrogen-bond acceptors (Lipinski definition) is 1. The Hall–Kier alpha value is -1.87. The second-order valence-corrected chi connectivity index (χ2v) is 6.13. The third kappa shape index (κ3) is 2.86. The Labute approximate surface area is 134 Å². The third-order valence-electron chi connectivity index (χ3n) is 4.31. The number of amides is 1. The van der Waals surface area contributed by atoms with Gasteiger partial charge >= 0.3 is 0 Å². The van der Waals surface area contributed by atoms with E-state index < -0.39 is 5.82 Å². The van der Waals surface area contributed by atoms with Crippen LogP contribution in [0.4, 0.5) is 4.39 Å². The summed E-state index contributed by atoms with van der Waals surface area (Å²) in [5.41, 5.74) is 1.05. The molecule has 1 amide bonds. The van der Waals surface area contributed by atoms with E-state index in [1.54, 1.807) is 6.07 Å². The van der Waals surface area contributed by atoms with Crippen LogP contribution in [0.25, 0.3) is 0 Å². The molecular weight excluding hydrogens is 301 g/mol. The van der Waals surface area contributed by atoms with Crippen molar-refractivity contribution in [1.82, 2.24) is 5.32 Å². The summed E-state index contributed by atoms with van der Waals surface area (Å²) in [5, 5.41) is 3.37. The highest BCUT2D eigenvalue weighted by atomic mass is 35.5. The lowest BCUT2D eigenvalue weighted by Crippen LogP contribution is -2.51. The van der Waals surface area contributed by atoms with E-state index in [-0.39, 0.29) is 28.5 Å². The molecule has 3 rings (SSSR count). The molecule has 1 saturated carbocycles. The van der Waals surface area contributed by atoms with E-state index in [9.17, 15) is 9.18 Å². The first-order valence-corrected chi connectivity index (χ1v) is 7.78. The quantitative estimate of drug-likeness (QED) is 0.899. The molecule has 0 spiro atoms. The predicted octanol–water partition coefficient (Wildman–Crippen LogP) is 4.22. The summed E-state index contributed by atoms with van der Waals surface area (Å²) in [5.74, 6) is -0.638. The van der Waals surface area contributed by atoms with Crippen molar-refractivity contribution in [1.29, 1.82) is 0 Å². The van der Waals surface area contributed by atoms with Gasteiger partial charge in [-0.1, -0.05) is 48.0 Å². The lowest BCUT2D eigenvalue weighted by atomic mass is 9.71. The lowest BCUT2D eigenvalue weighted by Gasteiger charge is -2.43. The van der Waals surface area contributed by atoms with Gasteiger partial charge in [0.05, 0.1) is 12.0 Å². The van der Waals surface area contributed by atoms with Gasteiger partial charge in [-0.15, -0.1) is 0 Å². The fourth-order valence-corrected chi connectivity index (χ4v) is 3.18. The Morgan fingerprint density at radius 3 is 2.45 bits per heavy atom. The number of hydrogen-bond donors (Lipinski definition) is 1. The van der Waals surface area contributed by atoms with Crippen molar-refractivity contribution in [2.45, 2.75) is 31.2 Å². The van der Waals surface area contributed by atoms with Crippen molar-refractivity contribution >= 4 is 17.5 Å². The standard InChI is InChI=1S/C18H17ClFNO/c19-15-8-4-9-16(20)14(15)12-17(22)21-18(10-5-11-18)13-6-2-1-3-7-13/h1-4,6-9H,5,10-12H2,(H,21,22). The molecule has 2 aromatic carbocycles. The van der Waals surface area contributed by atoms with Crippen LogP contribution in [0.2, 0.25) is 5.02 Å². The SMILES string of the molecule is O=C(Cc1c(F)cccc1Cl)NC1(c2ccccc2)CCC1. The number of benzene rings is 2. The van der Waals surface area contributed by atoms with Crippen LogP contribution >= 0.6 is 11.6 Å². The smallest absolute Gasteiger partial charge is 0.225 e. The van der Waals surface area contributed by atoms with Gasteiger partial charge in [-0.05, 0) is 37.0 Å². The molecule has 0 saturated heterocycles. The zero-order chi connectivity index (χ0) is 15.6. The Morgan fingerprint density at radius 1 is 1.14 bits per heavy atom. The van der Waals surface area contributed by atoms with Gasteiger partial charge in [0.25, 0.3) is 0 Å². The van der Waals surface area contributed by atoms with Gasteiger partial charge in [0.1, 0.15) is 5.82 Å². The van der Waals surface area contributed by atoms with Crippen molar-refractivity contribution in [2.75, 3.05) is 0 Å². The number of carbonyl (C=O) groups excluding carboxylic acids is 1.